The molecule has 0 atom stereocenters. The monoisotopic (exact) mass is 256 g/mol. The van der Waals surface area contributed by atoms with Crippen molar-refractivity contribution in [3.8, 4) is 0 Å². The zero-order chi connectivity index (χ0) is 12.4. The van der Waals surface area contributed by atoms with Gasteiger partial charge in [0.2, 0.25) is 0 Å². The van der Waals surface area contributed by atoms with Gasteiger partial charge in [-0.05, 0) is 12.1 Å². The number of nitrogens with zero attached hydrogens (tertiary/aromatic N) is 2. The SMILES string of the molecule is Nc1nc2ccccc2cc1CSc1ncc[nH]1. The molecular formula is C13H12N4S. The molecule has 3 aromatic rings. The third kappa shape index (κ3) is 2.17. The van der Waals surface area contributed by atoms with Crippen molar-refractivity contribution in [2.75, 3.05) is 5.73 Å². The van der Waals surface area contributed by atoms with E-state index in [1.165, 1.54) is 0 Å². The van der Waals surface area contributed by atoms with Gasteiger partial charge in [0.15, 0.2) is 5.16 Å². The number of nitrogens with one attached hydrogen (secondary N) is 1. The first-order valence-corrected chi connectivity index (χ1v) is 6.58. The van der Waals surface area contributed by atoms with E-state index in [-0.39, 0.29) is 0 Å². The van der Waals surface area contributed by atoms with Crippen LogP contribution in [-0.4, -0.2) is 15.0 Å². The standard InChI is InChI=1S/C13H12N4S/c14-12-10(8-18-13-15-5-6-16-13)7-9-3-1-2-4-11(9)17-12/h1-7H,8H2,(H2,14,17)(H,15,16). The van der Waals surface area contributed by atoms with E-state index in [2.05, 4.69) is 21.0 Å². The fraction of sp³-hybridized carbons (Fsp3) is 0.0769. The Kier molecular flexibility index (Phi) is 2.90. The van der Waals surface area contributed by atoms with Gasteiger partial charge in [0.05, 0.1) is 5.52 Å². The fourth-order valence-corrected chi connectivity index (χ4v) is 2.58. The highest BCUT2D eigenvalue weighted by atomic mass is 32.2. The van der Waals surface area contributed by atoms with Crippen LogP contribution >= 0.6 is 11.8 Å². The third-order valence-corrected chi connectivity index (χ3v) is 3.63. The topological polar surface area (TPSA) is 67.6 Å². The van der Waals surface area contributed by atoms with Gasteiger partial charge < -0.3 is 10.7 Å². The number of imidazole rings is 1. The summed E-state index contributed by atoms with van der Waals surface area (Å²) in [5, 5.41) is 2.00. The molecule has 0 spiro atoms. The number of nitrogens with two attached hydrogens (primary N) is 1. The molecule has 0 aliphatic carbocycles. The Morgan fingerprint density at radius 1 is 1.28 bits per heavy atom. The maximum Gasteiger partial charge on any atom is 0.165 e. The van der Waals surface area contributed by atoms with Crippen LogP contribution in [0.3, 0.4) is 0 Å². The summed E-state index contributed by atoms with van der Waals surface area (Å²) in [5.74, 6) is 1.35. The summed E-state index contributed by atoms with van der Waals surface area (Å²) in [4.78, 5) is 11.6. The minimum absolute atomic E-state index is 0.591. The molecule has 4 nitrogen and oxygen atoms in total. The molecule has 0 radical (unpaired) electrons. The molecule has 0 unspecified atom stereocenters. The molecular weight excluding hydrogens is 244 g/mol. The Labute approximate surface area is 109 Å². The molecule has 18 heavy (non-hydrogen) atoms. The summed E-state index contributed by atoms with van der Waals surface area (Å²) in [5.41, 5.74) is 7.94. The van der Waals surface area contributed by atoms with Crippen molar-refractivity contribution in [3.05, 3.63) is 48.3 Å². The van der Waals surface area contributed by atoms with Gasteiger partial charge >= 0.3 is 0 Å². The normalized spacial score (nSPS) is 10.9. The van der Waals surface area contributed by atoms with Gasteiger partial charge in [0.25, 0.3) is 0 Å². The second kappa shape index (κ2) is 4.70. The number of pyridine rings is 1. The van der Waals surface area contributed by atoms with Crippen LogP contribution in [0.2, 0.25) is 0 Å². The average Bonchev–Trinajstić information content (AvgIpc) is 2.89. The number of H-pyrrole nitrogens is 1. The first-order chi connectivity index (χ1) is 8.83. The number of thioether (sulfide) groups is 1. The summed E-state index contributed by atoms with van der Waals surface area (Å²) in [6.07, 6.45) is 3.55. The van der Waals surface area contributed by atoms with E-state index in [9.17, 15) is 0 Å². The van der Waals surface area contributed by atoms with E-state index in [1.54, 1.807) is 18.0 Å². The van der Waals surface area contributed by atoms with Gasteiger partial charge in [-0.25, -0.2) is 9.97 Å². The third-order valence-electron chi connectivity index (χ3n) is 2.67. The Morgan fingerprint density at radius 2 is 2.17 bits per heavy atom. The highest BCUT2D eigenvalue weighted by molar-refractivity contribution is 7.98. The molecule has 1 aromatic carbocycles. The van der Waals surface area contributed by atoms with E-state index in [0.29, 0.717) is 5.82 Å². The highest BCUT2D eigenvalue weighted by Crippen LogP contribution is 2.24. The van der Waals surface area contributed by atoms with E-state index < -0.39 is 0 Å². The van der Waals surface area contributed by atoms with Gasteiger partial charge in [-0.1, -0.05) is 30.0 Å². The van der Waals surface area contributed by atoms with Gasteiger partial charge in [-0.2, -0.15) is 0 Å². The quantitative estimate of drug-likeness (QED) is 0.707. The lowest BCUT2D eigenvalue weighted by molar-refractivity contribution is 1.06. The molecule has 0 amide bonds. The van der Waals surface area contributed by atoms with E-state index in [4.69, 9.17) is 5.73 Å². The van der Waals surface area contributed by atoms with Crippen LogP contribution in [0.5, 0.6) is 0 Å². The average molecular weight is 256 g/mol. The summed E-state index contributed by atoms with van der Waals surface area (Å²) < 4.78 is 0. The predicted octanol–water partition coefficient (Wildman–Crippen LogP) is 2.83. The van der Waals surface area contributed by atoms with Gasteiger partial charge in [-0.15, -0.1) is 0 Å². The number of para-hydroxylation sites is 1. The number of hydrogen-bond acceptors (Lipinski definition) is 4. The first-order valence-electron chi connectivity index (χ1n) is 5.59. The zero-order valence-electron chi connectivity index (χ0n) is 9.63. The number of benzene rings is 1. The van der Waals surface area contributed by atoms with Crippen molar-refractivity contribution >= 4 is 28.5 Å². The van der Waals surface area contributed by atoms with Crippen molar-refractivity contribution in [2.45, 2.75) is 10.9 Å². The lowest BCUT2D eigenvalue weighted by atomic mass is 10.1. The van der Waals surface area contributed by atoms with Crippen molar-refractivity contribution in [3.63, 3.8) is 0 Å². The van der Waals surface area contributed by atoms with Crippen LogP contribution in [0.4, 0.5) is 5.82 Å². The summed E-state index contributed by atoms with van der Waals surface area (Å²) in [6, 6.07) is 10.1. The molecule has 5 heteroatoms. The molecule has 0 bridgehead atoms. The second-order valence-corrected chi connectivity index (χ2v) is 4.87. The van der Waals surface area contributed by atoms with Crippen LogP contribution in [0.1, 0.15) is 5.56 Å². The Hall–Kier alpha value is -2.01. The summed E-state index contributed by atoms with van der Waals surface area (Å²) in [7, 11) is 0. The smallest absolute Gasteiger partial charge is 0.165 e. The Morgan fingerprint density at radius 3 is 3.00 bits per heavy atom. The minimum Gasteiger partial charge on any atom is -0.383 e. The van der Waals surface area contributed by atoms with Crippen molar-refractivity contribution in [1.82, 2.24) is 15.0 Å². The van der Waals surface area contributed by atoms with E-state index in [0.717, 1.165) is 27.4 Å². The van der Waals surface area contributed by atoms with Gasteiger partial charge in [0.1, 0.15) is 5.82 Å². The largest absolute Gasteiger partial charge is 0.383 e. The van der Waals surface area contributed by atoms with Gasteiger partial charge in [-0.3, -0.25) is 0 Å². The molecule has 2 heterocycles. The molecule has 3 N–H and O–H groups in total. The predicted molar refractivity (Wildman–Crippen MR) is 74.3 cm³/mol. The molecule has 0 fully saturated rings. The van der Waals surface area contributed by atoms with Crippen LogP contribution < -0.4 is 5.73 Å². The molecule has 0 aliphatic heterocycles. The number of hydrogen-bond donors (Lipinski definition) is 2. The molecule has 2 aromatic heterocycles. The van der Waals surface area contributed by atoms with Crippen LogP contribution in [0.15, 0.2) is 47.9 Å². The molecule has 0 saturated carbocycles. The number of fused-ring (bicyclic) bond motifs is 1. The number of rotatable bonds is 3. The minimum atomic E-state index is 0.591. The molecule has 0 aliphatic rings. The first kappa shape index (κ1) is 11.1. The lowest BCUT2D eigenvalue weighted by Gasteiger charge is -2.06. The molecule has 3 rings (SSSR count). The van der Waals surface area contributed by atoms with E-state index >= 15 is 0 Å². The maximum absolute atomic E-state index is 5.97. The number of nitrogen functional groups attached to an aromatic ring is 1. The van der Waals surface area contributed by atoms with Crippen LogP contribution in [-0.2, 0) is 5.75 Å². The number of anilines is 1. The van der Waals surface area contributed by atoms with Crippen molar-refractivity contribution in [2.24, 2.45) is 0 Å². The summed E-state index contributed by atoms with van der Waals surface area (Å²) in [6.45, 7) is 0. The van der Waals surface area contributed by atoms with Crippen LogP contribution in [0, 0.1) is 0 Å². The van der Waals surface area contributed by atoms with Crippen LogP contribution in [0.25, 0.3) is 10.9 Å². The Bertz CT molecular complexity index is 664. The summed E-state index contributed by atoms with van der Waals surface area (Å²) >= 11 is 1.62. The van der Waals surface area contributed by atoms with Crippen molar-refractivity contribution in [1.29, 1.82) is 0 Å². The molecule has 0 saturated heterocycles. The second-order valence-electron chi connectivity index (χ2n) is 3.91. The fourth-order valence-electron chi connectivity index (χ4n) is 1.77. The van der Waals surface area contributed by atoms with Gasteiger partial charge in [0, 0.05) is 29.1 Å². The lowest BCUT2D eigenvalue weighted by Crippen LogP contribution is -1.97. The maximum atomic E-state index is 5.97. The highest BCUT2D eigenvalue weighted by Gasteiger charge is 2.05. The van der Waals surface area contributed by atoms with Crippen molar-refractivity contribution < 1.29 is 0 Å². The Balaban J connectivity index is 1.89. The van der Waals surface area contributed by atoms with E-state index in [1.807, 2.05) is 30.5 Å². The zero-order valence-corrected chi connectivity index (χ0v) is 10.4. The number of aromatic amines is 1. The number of aromatic nitrogens is 3. The molecule has 90 valence electrons.